The van der Waals surface area contributed by atoms with Crippen LogP contribution in [0.15, 0.2) is 0 Å². The van der Waals surface area contributed by atoms with Crippen molar-refractivity contribution in [2.45, 2.75) is 33.6 Å². The van der Waals surface area contributed by atoms with E-state index in [0.29, 0.717) is 25.4 Å². The first kappa shape index (κ1) is 15.9. The molecule has 0 amide bonds. The molecule has 0 spiro atoms. The summed E-state index contributed by atoms with van der Waals surface area (Å²) in [5.74, 6) is 0.678. The predicted octanol–water partition coefficient (Wildman–Crippen LogP) is 1.29. The van der Waals surface area contributed by atoms with E-state index in [0.717, 1.165) is 13.0 Å². The van der Waals surface area contributed by atoms with E-state index in [9.17, 15) is 8.42 Å². The summed E-state index contributed by atoms with van der Waals surface area (Å²) in [4.78, 5) is 0. The van der Waals surface area contributed by atoms with Crippen LogP contribution in [0.25, 0.3) is 0 Å². The highest BCUT2D eigenvalue weighted by molar-refractivity contribution is 7.89. The molecule has 0 fully saturated rings. The van der Waals surface area contributed by atoms with E-state index in [4.69, 9.17) is 0 Å². The van der Waals surface area contributed by atoms with Gasteiger partial charge >= 0.3 is 0 Å². The second kappa shape index (κ2) is 8.03. The van der Waals surface area contributed by atoms with E-state index in [2.05, 4.69) is 19.2 Å². The van der Waals surface area contributed by atoms with Crippen molar-refractivity contribution in [2.24, 2.45) is 5.92 Å². The van der Waals surface area contributed by atoms with Gasteiger partial charge in [-0.25, -0.2) is 12.7 Å². The van der Waals surface area contributed by atoms with Crippen LogP contribution in [-0.4, -0.2) is 45.2 Å². The van der Waals surface area contributed by atoms with Gasteiger partial charge in [0.25, 0.3) is 0 Å². The van der Waals surface area contributed by atoms with E-state index in [1.54, 1.807) is 4.31 Å². The average molecular weight is 250 g/mol. The Morgan fingerprint density at radius 2 is 1.94 bits per heavy atom. The molecular weight excluding hydrogens is 224 g/mol. The minimum absolute atomic E-state index is 0.248. The van der Waals surface area contributed by atoms with Crippen molar-refractivity contribution in [2.75, 3.05) is 32.4 Å². The van der Waals surface area contributed by atoms with Crippen LogP contribution < -0.4 is 5.32 Å². The van der Waals surface area contributed by atoms with Crippen LogP contribution in [0.1, 0.15) is 33.6 Å². The van der Waals surface area contributed by atoms with Crippen molar-refractivity contribution in [1.82, 2.24) is 9.62 Å². The molecule has 1 N–H and O–H groups in total. The monoisotopic (exact) mass is 250 g/mol. The van der Waals surface area contributed by atoms with E-state index < -0.39 is 10.0 Å². The maximum atomic E-state index is 12.0. The second-order valence-electron chi connectivity index (χ2n) is 4.24. The topological polar surface area (TPSA) is 49.4 Å². The van der Waals surface area contributed by atoms with Crippen LogP contribution in [-0.2, 0) is 10.0 Å². The quantitative estimate of drug-likeness (QED) is 0.627. The maximum absolute atomic E-state index is 12.0. The van der Waals surface area contributed by atoms with Crippen molar-refractivity contribution < 1.29 is 8.42 Å². The van der Waals surface area contributed by atoms with Crippen molar-refractivity contribution in [1.29, 1.82) is 0 Å². The van der Waals surface area contributed by atoms with E-state index in [-0.39, 0.29) is 5.75 Å². The van der Waals surface area contributed by atoms with Gasteiger partial charge in [-0.1, -0.05) is 27.2 Å². The molecule has 0 aromatic carbocycles. The van der Waals surface area contributed by atoms with Gasteiger partial charge in [0.15, 0.2) is 0 Å². The number of rotatable bonds is 9. The maximum Gasteiger partial charge on any atom is 0.214 e. The van der Waals surface area contributed by atoms with E-state index in [1.807, 2.05) is 14.0 Å². The molecule has 0 heterocycles. The lowest BCUT2D eigenvalue weighted by molar-refractivity contribution is 0.361. The molecule has 1 unspecified atom stereocenters. The molecule has 0 saturated carbocycles. The number of hydrogen-bond donors (Lipinski definition) is 1. The molecule has 16 heavy (non-hydrogen) atoms. The number of sulfonamides is 1. The van der Waals surface area contributed by atoms with E-state index in [1.165, 1.54) is 0 Å². The highest BCUT2D eigenvalue weighted by Crippen LogP contribution is 2.09. The molecule has 0 bridgehead atoms. The number of nitrogens with zero attached hydrogens (tertiary/aromatic N) is 1. The Labute approximate surface area is 100 Å². The van der Waals surface area contributed by atoms with Gasteiger partial charge in [0.1, 0.15) is 0 Å². The fourth-order valence-electron chi connectivity index (χ4n) is 1.48. The van der Waals surface area contributed by atoms with E-state index >= 15 is 0 Å². The van der Waals surface area contributed by atoms with Gasteiger partial charge in [-0.3, -0.25) is 0 Å². The third-order valence-corrected chi connectivity index (χ3v) is 4.79. The first-order chi connectivity index (χ1) is 7.47. The Morgan fingerprint density at radius 3 is 2.38 bits per heavy atom. The normalized spacial score (nSPS) is 14.3. The average Bonchev–Trinajstić information content (AvgIpc) is 2.25. The third kappa shape index (κ3) is 5.82. The smallest absolute Gasteiger partial charge is 0.214 e. The van der Waals surface area contributed by atoms with Gasteiger partial charge in [0, 0.05) is 13.1 Å². The number of hydrogen-bond acceptors (Lipinski definition) is 3. The van der Waals surface area contributed by atoms with Crippen LogP contribution in [0.4, 0.5) is 0 Å². The highest BCUT2D eigenvalue weighted by Gasteiger charge is 2.21. The lowest BCUT2D eigenvalue weighted by atomic mass is 10.1. The lowest BCUT2D eigenvalue weighted by Crippen LogP contribution is -2.36. The standard InChI is InChI=1S/C11H26N2O2S/c1-5-11(3)10-13(6-2)16(14,15)9-7-8-12-4/h11-12H,5-10H2,1-4H3. The van der Waals surface area contributed by atoms with Gasteiger partial charge in [0.05, 0.1) is 5.75 Å². The summed E-state index contributed by atoms with van der Waals surface area (Å²) < 4.78 is 25.6. The fraction of sp³-hybridized carbons (Fsp3) is 1.00. The van der Waals surface area contributed by atoms with Crippen molar-refractivity contribution in [3.63, 3.8) is 0 Å². The first-order valence-corrected chi connectivity index (χ1v) is 7.71. The summed E-state index contributed by atoms with van der Waals surface area (Å²) in [5.41, 5.74) is 0. The summed E-state index contributed by atoms with van der Waals surface area (Å²) in [6.45, 7) is 8.05. The molecule has 0 rings (SSSR count). The van der Waals surface area contributed by atoms with Crippen molar-refractivity contribution in [3.05, 3.63) is 0 Å². The van der Waals surface area contributed by atoms with Crippen molar-refractivity contribution in [3.8, 4) is 0 Å². The summed E-state index contributed by atoms with van der Waals surface area (Å²) in [6, 6.07) is 0. The molecule has 0 saturated heterocycles. The zero-order valence-electron chi connectivity index (χ0n) is 11.0. The predicted molar refractivity (Wildman–Crippen MR) is 69.0 cm³/mol. The van der Waals surface area contributed by atoms with Crippen LogP contribution >= 0.6 is 0 Å². The largest absolute Gasteiger partial charge is 0.320 e. The molecule has 0 aromatic heterocycles. The van der Waals surface area contributed by atoms with Gasteiger partial charge in [-0.15, -0.1) is 0 Å². The van der Waals surface area contributed by atoms with Crippen LogP contribution in [0.5, 0.6) is 0 Å². The highest BCUT2D eigenvalue weighted by atomic mass is 32.2. The second-order valence-corrected chi connectivity index (χ2v) is 6.33. The first-order valence-electron chi connectivity index (χ1n) is 6.10. The molecule has 0 aliphatic rings. The Balaban J connectivity index is 4.31. The Kier molecular flexibility index (Phi) is 7.97. The summed E-state index contributed by atoms with van der Waals surface area (Å²) in [6.07, 6.45) is 1.69. The fourth-order valence-corrected chi connectivity index (χ4v) is 3.12. The zero-order valence-corrected chi connectivity index (χ0v) is 11.8. The van der Waals surface area contributed by atoms with Crippen LogP contribution in [0.2, 0.25) is 0 Å². The lowest BCUT2D eigenvalue weighted by Gasteiger charge is -2.23. The molecule has 0 radical (unpaired) electrons. The molecule has 0 aliphatic heterocycles. The molecule has 98 valence electrons. The van der Waals surface area contributed by atoms with Crippen LogP contribution in [0.3, 0.4) is 0 Å². The van der Waals surface area contributed by atoms with Gasteiger partial charge < -0.3 is 5.32 Å². The summed E-state index contributed by atoms with van der Waals surface area (Å²) >= 11 is 0. The van der Waals surface area contributed by atoms with Crippen molar-refractivity contribution >= 4 is 10.0 Å². The third-order valence-electron chi connectivity index (χ3n) is 2.79. The summed E-state index contributed by atoms with van der Waals surface area (Å²) in [7, 11) is -1.22. The summed E-state index contributed by atoms with van der Waals surface area (Å²) in [5, 5.41) is 2.97. The molecule has 4 nitrogen and oxygen atoms in total. The number of nitrogens with one attached hydrogen (secondary N) is 1. The molecule has 0 aliphatic carbocycles. The Bertz CT molecular complexity index is 265. The zero-order chi connectivity index (χ0) is 12.6. The minimum Gasteiger partial charge on any atom is -0.320 e. The SMILES string of the molecule is CCC(C)CN(CC)S(=O)(=O)CCCNC. The van der Waals surface area contributed by atoms with Gasteiger partial charge in [0.2, 0.25) is 10.0 Å². The van der Waals surface area contributed by atoms with Crippen LogP contribution in [0, 0.1) is 5.92 Å². The molecule has 0 aromatic rings. The minimum atomic E-state index is -3.06. The Morgan fingerprint density at radius 1 is 1.31 bits per heavy atom. The van der Waals surface area contributed by atoms with Gasteiger partial charge in [-0.05, 0) is 25.9 Å². The molecule has 5 heteroatoms. The molecule has 1 atom stereocenters. The Hall–Kier alpha value is -0.130. The molecular formula is C11H26N2O2S. The van der Waals surface area contributed by atoms with Gasteiger partial charge in [-0.2, -0.15) is 0 Å².